The standard InChI is InChI=1S/C17H18F3NO3/c1-16(2,23)14(21-15(22)17(18,19)20)13-11-7-5-4-6-10(11)8-9-12(13)24-3/h4-9,14,23H,1-3H3,(H,21,22). The lowest BCUT2D eigenvalue weighted by Gasteiger charge is -2.32. The number of fused-ring (bicyclic) bond motifs is 1. The van der Waals surface area contributed by atoms with Gasteiger partial charge in [-0.2, -0.15) is 13.2 Å². The van der Waals surface area contributed by atoms with Crippen molar-refractivity contribution in [3.63, 3.8) is 0 Å². The molecule has 7 heteroatoms. The molecule has 0 saturated heterocycles. The quantitative estimate of drug-likeness (QED) is 0.897. The number of aliphatic hydroxyl groups is 1. The van der Waals surface area contributed by atoms with Gasteiger partial charge in [0, 0.05) is 5.56 Å². The minimum Gasteiger partial charge on any atom is -0.496 e. The van der Waals surface area contributed by atoms with E-state index in [2.05, 4.69) is 0 Å². The number of rotatable bonds is 4. The van der Waals surface area contributed by atoms with Crippen LogP contribution < -0.4 is 10.1 Å². The molecule has 1 unspecified atom stereocenters. The van der Waals surface area contributed by atoms with E-state index >= 15 is 0 Å². The molecular weight excluding hydrogens is 323 g/mol. The molecule has 1 atom stereocenters. The fraction of sp³-hybridized carbons (Fsp3) is 0.353. The number of hydrogen-bond acceptors (Lipinski definition) is 3. The maximum absolute atomic E-state index is 12.7. The highest BCUT2D eigenvalue weighted by molar-refractivity contribution is 5.90. The minimum absolute atomic E-state index is 0.281. The number of hydrogen-bond donors (Lipinski definition) is 2. The molecule has 0 aliphatic heterocycles. The van der Waals surface area contributed by atoms with Crippen molar-refractivity contribution in [2.24, 2.45) is 0 Å². The van der Waals surface area contributed by atoms with Gasteiger partial charge in [-0.05, 0) is 30.7 Å². The van der Waals surface area contributed by atoms with E-state index in [4.69, 9.17) is 4.74 Å². The SMILES string of the molecule is COc1ccc2ccccc2c1C(NC(=O)C(F)(F)F)C(C)(C)O. The molecule has 24 heavy (non-hydrogen) atoms. The van der Waals surface area contributed by atoms with E-state index in [1.54, 1.807) is 36.4 Å². The third-order valence-corrected chi connectivity index (χ3v) is 3.68. The van der Waals surface area contributed by atoms with Crippen LogP contribution in [0, 0.1) is 0 Å². The minimum atomic E-state index is -5.05. The third-order valence-electron chi connectivity index (χ3n) is 3.68. The Labute approximate surface area is 137 Å². The van der Waals surface area contributed by atoms with Gasteiger partial charge < -0.3 is 15.2 Å². The molecule has 0 aliphatic rings. The topological polar surface area (TPSA) is 58.6 Å². The molecule has 130 valence electrons. The Morgan fingerprint density at radius 3 is 2.33 bits per heavy atom. The van der Waals surface area contributed by atoms with Gasteiger partial charge in [-0.3, -0.25) is 4.79 Å². The molecule has 2 rings (SSSR count). The molecule has 2 aromatic rings. The summed E-state index contributed by atoms with van der Waals surface area (Å²) in [5.74, 6) is -1.84. The van der Waals surface area contributed by atoms with E-state index < -0.39 is 23.7 Å². The van der Waals surface area contributed by atoms with Crippen LogP contribution in [0.2, 0.25) is 0 Å². The fourth-order valence-corrected chi connectivity index (χ4v) is 2.57. The van der Waals surface area contributed by atoms with Crippen molar-refractivity contribution in [3.05, 3.63) is 42.0 Å². The number of carbonyl (C=O) groups is 1. The van der Waals surface area contributed by atoms with Crippen LogP contribution in [-0.4, -0.2) is 29.9 Å². The van der Waals surface area contributed by atoms with Gasteiger partial charge in [0.2, 0.25) is 0 Å². The van der Waals surface area contributed by atoms with Gasteiger partial charge in [0.25, 0.3) is 0 Å². The largest absolute Gasteiger partial charge is 0.496 e. The Bertz CT molecular complexity index is 751. The normalized spacial score (nSPS) is 13.6. The van der Waals surface area contributed by atoms with Crippen LogP contribution in [0.4, 0.5) is 13.2 Å². The summed E-state index contributed by atoms with van der Waals surface area (Å²) in [6, 6.07) is 9.02. The third kappa shape index (κ3) is 3.62. The van der Waals surface area contributed by atoms with Gasteiger partial charge in [0.1, 0.15) is 5.75 Å². The summed E-state index contributed by atoms with van der Waals surface area (Å²) in [6.07, 6.45) is -5.05. The van der Waals surface area contributed by atoms with E-state index in [0.717, 1.165) is 5.39 Å². The lowest BCUT2D eigenvalue weighted by molar-refractivity contribution is -0.176. The Kier molecular flexibility index (Phi) is 4.75. The smallest absolute Gasteiger partial charge is 0.471 e. The zero-order chi connectivity index (χ0) is 18.1. The van der Waals surface area contributed by atoms with Crippen molar-refractivity contribution in [3.8, 4) is 5.75 Å². The summed E-state index contributed by atoms with van der Waals surface area (Å²) in [7, 11) is 1.38. The number of halogens is 3. The van der Waals surface area contributed by atoms with E-state index in [1.807, 2.05) is 5.32 Å². The first-order valence-corrected chi connectivity index (χ1v) is 7.21. The first-order valence-electron chi connectivity index (χ1n) is 7.21. The molecule has 0 bridgehead atoms. The molecule has 0 aliphatic carbocycles. The molecule has 0 spiro atoms. The van der Waals surface area contributed by atoms with Gasteiger partial charge in [0.15, 0.2) is 0 Å². The molecule has 0 saturated carbocycles. The van der Waals surface area contributed by atoms with Gasteiger partial charge in [0.05, 0.1) is 18.8 Å². The number of carbonyl (C=O) groups excluding carboxylic acids is 1. The lowest BCUT2D eigenvalue weighted by atomic mass is 9.87. The van der Waals surface area contributed by atoms with Crippen molar-refractivity contribution >= 4 is 16.7 Å². The zero-order valence-electron chi connectivity index (χ0n) is 13.4. The molecule has 1 amide bonds. The Morgan fingerprint density at radius 2 is 1.79 bits per heavy atom. The summed E-state index contributed by atoms with van der Waals surface area (Å²) in [5.41, 5.74) is -1.36. The highest BCUT2D eigenvalue weighted by Gasteiger charge is 2.43. The van der Waals surface area contributed by atoms with E-state index in [0.29, 0.717) is 10.9 Å². The highest BCUT2D eigenvalue weighted by atomic mass is 19.4. The predicted octanol–water partition coefficient (Wildman–Crippen LogP) is 3.34. The molecule has 4 nitrogen and oxygen atoms in total. The summed E-state index contributed by atoms with van der Waals surface area (Å²) >= 11 is 0. The Balaban J connectivity index is 2.66. The predicted molar refractivity (Wildman–Crippen MR) is 83.7 cm³/mol. The maximum atomic E-state index is 12.7. The van der Waals surface area contributed by atoms with Crippen molar-refractivity contribution in [2.45, 2.75) is 31.7 Å². The average Bonchev–Trinajstić information content (AvgIpc) is 2.49. The van der Waals surface area contributed by atoms with Crippen LogP contribution in [0.5, 0.6) is 5.75 Å². The molecular formula is C17H18F3NO3. The van der Waals surface area contributed by atoms with Crippen LogP contribution in [0.15, 0.2) is 36.4 Å². The van der Waals surface area contributed by atoms with Crippen molar-refractivity contribution in [2.75, 3.05) is 7.11 Å². The summed E-state index contributed by atoms with van der Waals surface area (Å²) in [6.45, 7) is 2.66. The zero-order valence-corrected chi connectivity index (χ0v) is 13.4. The van der Waals surface area contributed by atoms with Crippen LogP contribution in [0.3, 0.4) is 0 Å². The lowest BCUT2D eigenvalue weighted by Crippen LogP contribution is -2.47. The first-order chi connectivity index (χ1) is 11.1. The number of amides is 1. The van der Waals surface area contributed by atoms with Gasteiger partial charge in [-0.1, -0.05) is 30.3 Å². The van der Waals surface area contributed by atoms with Crippen LogP contribution in [-0.2, 0) is 4.79 Å². The maximum Gasteiger partial charge on any atom is 0.471 e. The second kappa shape index (κ2) is 6.32. The van der Waals surface area contributed by atoms with E-state index in [-0.39, 0.29) is 5.75 Å². The van der Waals surface area contributed by atoms with Crippen LogP contribution >= 0.6 is 0 Å². The first kappa shape index (κ1) is 18.1. The number of nitrogens with one attached hydrogen (secondary N) is 1. The molecule has 0 heterocycles. The van der Waals surface area contributed by atoms with Crippen molar-refractivity contribution in [1.82, 2.24) is 5.32 Å². The Morgan fingerprint density at radius 1 is 1.17 bits per heavy atom. The summed E-state index contributed by atoms with van der Waals surface area (Å²) in [4.78, 5) is 11.4. The van der Waals surface area contributed by atoms with E-state index in [9.17, 15) is 23.1 Å². The molecule has 0 fully saturated rings. The summed E-state index contributed by atoms with van der Waals surface area (Å²) in [5, 5.41) is 13.6. The second-order valence-corrected chi connectivity index (χ2v) is 5.96. The van der Waals surface area contributed by atoms with Crippen molar-refractivity contribution in [1.29, 1.82) is 0 Å². The number of ether oxygens (including phenoxy) is 1. The molecule has 0 aromatic heterocycles. The van der Waals surface area contributed by atoms with Gasteiger partial charge >= 0.3 is 12.1 Å². The molecule has 2 N–H and O–H groups in total. The van der Waals surface area contributed by atoms with Crippen LogP contribution in [0.1, 0.15) is 25.5 Å². The molecule has 0 radical (unpaired) electrons. The van der Waals surface area contributed by atoms with Gasteiger partial charge in [-0.25, -0.2) is 0 Å². The number of alkyl halides is 3. The van der Waals surface area contributed by atoms with Crippen molar-refractivity contribution < 1.29 is 27.8 Å². The van der Waals surface area contributed by atoms with Gasteiger partial charge in [-0.15, -0.1) is 0 Å². The fourth-order valence-electron chi connectivity index (χ4n) is 2.57. The number of methoxy groups -OCH3 is 1. The molecule has 2 aromatic carbocycles. The summed E-state index contributed by atoms with van der Waals surface area (Å²) < 4.78 is 43.3. The average molecular weight is 341 g/mol. The monoisotopic (exact) mass is 341 g/mol. The highest BCUT2D eigenvalue weighted by Crippen LogP contribution is 2.38. The van der Waals surface area contributed by atoms with Crippen LogP contribution in [0.25, 0.3) is 10.8 Å². The second-order valence-electron chi connectivity index (χ2n) is 5.96. The Hall–Kier alpha value is -2.28. The van der Waals surface area contributed by atoms with E-state index in [1.165, 1.54) is 21.0 Å². The number of benzene rings is 2.